The van der Waals surface area contributed by atoms with E-state index in [9.17, 15) is 0 Å². The third kappa shape index (κ3) is 3.76. The Morgan fingerprint density at radius 1 is 1.03 bits per heavy atom. The second-order valence-electron chi connectivity index (χ2n) is 8.15. The lowest BCUT2D eigenvalue weighted by atomic mass is 9.77. The van der Waals surface area contributed by atoms with Crippen molar-refractivity contribution in [3.8, 4) is 11.5 Å². The fourth-order valence-corrected chi connectivity index (χ4v) is 5.10. The molecule has 0 unspecified atom stereocenters. The summed E-state index contributed by atoms with van der Waals surface area (Å²) in [5.41, 5.74) is 5.65. The van der Waals surface area contributed by atoms with Crippen LogP contribution < -0.4 is 14.8 Å². The number of nitrogens with one attached hydrogen (secondary N) is 1. The maximum absolute atomic E-state index is 6.30. The first-order chi connectivity index (χ1) is 15.7. The molecular formula is C27H25ClN2O2. The molecule has 1 heterocycles. The van der Waals surface area contributed by atoms with Crippen molar-refractivity contribution in [3.63, 3.8) is 0 Å². The highest BCUT2D eigenvalue weighted by Crippen LogP contribution is 2.49. The summed E-state index contributed by atoms with van der Waals surface area (Å²) in [6.07, 6.45) is 7.56. The van der Waals surface area contributed by atoms with E-state index in [1.165, 1.54) is 16.8 Å². The van der Waals surface area contributed by atoms with Gasteiger partial charge in [0.05, 0.1) is 31.0 Å². The van der Waals surface area contributed by atoms with Crippen molar-refractivity contribution in [1.29, 1.82) is 0 Å². The molecule has 3 aromatic carbocycles. The molecule has 4 nitrogen and oxygen atoms in total. The van der Waals surface area contributed by atoms with E-state index in [2.05, 4.69) is 71.0 Å². The number of hydrogen-bond acceptors (Lipinski definition) is 4. The minimum atomic E-state index is 0.285. The summed E-state index contributed by atoms with van der Waals surface area (Å²) in [7, 11) is 3.17. The molecule has 2 aliphatic rings. The van der Waals surface area contributed by atoms with Gasteiger partial charge in [-0.1, -0.05) is 54.1 Å². The highest BCUT2D eigenvalue weighted by Gasteiger charge is 2.37. The first-order valence-corrected chi connectivity index (χ1v) is 11.1. The molecule has 162 valence electrons. The molecule has 0 spiro atoms. The zero-order valence-electron chi connectivity index (χ0n) is 18.1. The lowest BCUT2D eigenvalue weighted by Crippen LogP contribution is -2.28. The highest BCUT2D eigenvalue weighted by atomic mass is 35.5. The van der Waals surface area contributed by atoms with Crippen LogP contribution in [0.25, 0.3) is 0 Å². The number of halogens is 1. The van der Waals surface area contributed by atoms with Gasteiger partial charge in [0, 0.05) is 17.8 Å². The summed E-state index contributed by atoms with van der Waals surface area (Å²) in [5.74, 6) is 2.12. The normalized spacial score (nSPS) is 21.2. The van der Waals surface area contributed by atoms with E-state index in [0.717, 1.165) is 17.7 Å². The minimum Gasteiger partial charge on any atom is -0.493 e. The average Bonchev–Trinajstić information content (AvgIpc) is 3.32. The number of ether oxygens (including phenoxy) is 2. The zero-order valence-corrected chi connectivity index (χ0v) is 18.8. The molecule has 0 saturated carbocycles. The lowest BCUT2D eigenvalue weighted by Gasteiger charge is -2.37. The number of hydrogen-bond donors (Lipinski definition) is 1. The van der Waals surface area contributed by atoms with Crippen LogP contribution in [0.4, 0.5) is 11.4 Å². The number of para-hydroxylation sites is 1. The molecule has 0 amide bonds. The monoisotopic (exact) mass is 444 g/mol. The topological polar surface area (TPSA) is 42.8 Å². The van der Waals surface area contributed by atoms with Crippen LogP contribution in [0.2, 0.25) is 5.02 Å². The van der Waals surface area contributed by atoms with Gasteiger partial charge in [-0.25, -0.2) is 0 Å². The standard InChI is InChI=1S/C27H25ClN2O2/c1-31-25-15-17(14-23(28)27(25)32-2)16-29-19-12-10-18(11-13-19)26-22-8-5-7-20(22)21-6-3-4-9-24(21)30-26/h3-7,9-16,20,22,26,30H,8H2,1-2H3/t20-,22-,26-/m0/s1. The zero-order chi connectivity index (χ0) is 22.1. The van der Waals surface area contributed by atoms with Crippen LogP contribution in [-0.4, -0.2) is 20.4 Å². The molecule has 0 radical (unpaired) electrons. The Kier molecular flexibility index (Phi) is 5.62. The van der Waals surface area contributed by atoms with Gasteiger partial charge in [0.25, 0.3) is 0 Å². The van der Waals surface area contributed by atoms with E-state index in [0.29, 0.717) is 28.4 Å². The molecule has 32 heavy (non-hydrogen) atoms. The lowest BCUT2D eigenvalue weighted by molar-refractivity contribution is 0.355. The van der Waals surface area contributed by atoms with Gasteiger partial charge < -0.3 is 14.8 Å². The van der Waals surface area contributed by atoms with Crippen LogP contribution >= 0.6 is 11.6 Å². The summed E-state index contributed by atoms with van der Waals surface area (Å²) in [5, 5.41) is 4.27. The third-order valence-electron chi connectivity index (χ3n) is 6.34. The van der Waals surface area contributed by atoms with E-state index in [-0.39, 0.29) is 6.04 Å². The van der Waals surface area contributed by atoms with Crippen molar-refractivity contribution in [2.75, 3.05) is 19.5 Å². The van der Waals surface area contributed by atoms with Crippen LogP contribution in [0, 0.1) is 5.92 Å². The Morgan fingerprint density at radius 2 is 1.84 bits per heavy atom. The van der Waals surface area contributed by atoms with Gasteiger partial charge in [-0.3, -0.25) is 4.99 Å². The summed E-state index contributed by atoms with van der Waals surface area (Å²) < 4.78 is 10.7. The number of methoxy groups -OCH3 is 2. The van der Waals surface area contributed by atoms with E-state index in [1.807, 2.05) is 12.1 Å². The Balaban J connectivity index is 1.37. The second kappa shape index (κ2) is 8.71. The number of rotatable bonds is 5. The Labute approximate surface area is 193 Å². The van der Waals surface area contributed by atoms with Crippen molar-refractivity contribution in [3.05, 3.63) is 94.5 Å². The third-order valence-corrected chi connectivity index (χ3v) is 6.62. The van der Waals surface area contributed by atoms with Gasteiger partial charge in [0.15, 0.2) is 11.5 Å². The fourth-order valence-electron chi connectivity index (χ4n) is 4.80. The second-order valence-corrected chi connectivity index (χ2v) is 8.56. The summed E-state index contributed by atoms with van der Waals surface area (Å²) in [6, 6.07) is 21.1. The van der Waals surface area contributed by atoms with Gasteiger partial charge in [-0.2, -0.15) is 0 Å². The first kappa shape index (κ1) is 20.7. The van der Waals surface area contributed by atoms with Gasteiger partial charge in [0.1, 0.15) is 0 Å². The number of nitrogens with zero attached hydrogens (tertiary/aromatic N) is 1. The van der Waals surface area contributed by atoms with Crippen molar-refractivity contribution in [1.82, 2.24) is 0 Å². The molecule has 5 rings (SSSR count). The summed E-state index contributed by atoms with van der Waals surface area (Å²) in [4.78, 5) is 4.62. The van der Waals surface area contributed by atoms with Crippen LogP contribution in [0.5, 0.6) is 11.5 Å². The molecule has 0 bridgehead atoms. The van der Waals surface area contributed by atoms with Gasteiger partial charge in [0.2, 0.25) is 0 Å². The van der Waals surface area contributed by atoms with E-state index < -0.39 is 0 Å². The van der Waals surface area contributed by atoms with Crippen molar-refractivity contribution >= 4 is 29.2 Å². The number of aliphatic imine (C=N–C) groups is 1. The predicted molar refractivity (Wildman–Crippen MR) is 131 cm³/mol. The van der Waals surface area contributed by atoms with E-state index in [1.54, 1.807) is 20.4 Å². The van der Waals surface area contributed by atoms with Gasteiger partial charge in [-0.05, 0) is 59.4 Å². The van der Waals surface area contributed by atoms with Crippen molar-refractivity contribution < 1.29 is 9.47 Å². The fraction of sp³-hybridized carbons (Fsp3) is 0.222. The Morgan fingerprint density at radius 3 is 2.62 bits per heavy atom. The van der Waals surface area contributed by atoms with E-state index >= 15 is 0 Å². The quantitative estimate of drug-likeness (QED) is 0.342. The number of benzene rings is 3. The van der Waals surface area contributed by atoms with Crippen LogP contribution in [0.3, 0.4) is 0 Å². The number of allylic oxidation sites excluding steroid dienone is 2. The number of anilines is 1. The smallest absolute Gasteiger partial charge is 0.179 e. The SMILES string of the molecule is COc1cc(C=Nc2ccc([C@@H]3Nc4ccccc4[C@@H]4C=CC[C@@H]43)cc2)cc(Cl)c1OC. The Hall–Kier alpha value is -3.24. The largest absolute Gasteiger partial charge is 0.493 e. The number of fused-ring (bicyclic) bond motifs is 3. The molecular weight excluding hydrogens is 420 g/mol. The van der Waals surface area contributed by atoms with Crippen LogP contribution in [-0.2, 0) is 0 Å². The predicted octanol–water partition coefficient (Wildman–Crippen LogP) is 6.93. The van der Waals surface area contributed by atoms with Crippen LogP contribution in [0.15, 0.2) is 77.8 Å². The first-order valence-electron chi connectivity index (χ1n) is 10.8. The molecule has 5 heteroatoms. The maximum Gasteiger partial charge on any atom is 0.179 e. The Bertz CT molecular complexity index is 1190. The summed E-state index contributed by atoms with van der Waals surface area (Å²) in [6.45, 7) is 0. The molecule has 3 atom stereocenters. The average molecular weight is 445 g/mol. The van der Waals surface area contributed by atoms with Gasteiger partial charge in [-0.15, -0.1) is 0 Å². The molecule has 0 fully saturated rings. The molecule has 1 aliphatic carbocycles. The molecule has 0 aromatic heterocycles. The molecule has 1 aliphatic heterocycles. The van der Waals surface area contributed by atoms with E-state index in [4.69, 9.17) is 21.1 Å². The molecule has 0 saturated heterocycles. The molecule has 3 aromatic rings. The molecule has 1 N–H and O–H groups in total. The van der Waals surface area contributed by atoms with Crippen LogP contribution in [0.1, 0.15) is 35.1 Å². The maximum atomic E-state index is 6.30. The highest BCUT2D eigenvalue weighted by molar-refractivity contribution is 6.32. The summed E-state index contributed by atoms with van der Waals surface area (Å²) >= 11 is 6.30. The minimum absolute atomic E-state index is 0.285. The van der Waals surface area contributed by atoms with Gasteiger partial charge >= 0.3 is 0 Å². The van der Waals surface area contributed by atoms with Crippen molar-refractivity contribution in [2.24, 2.45) is 10.9 Å². The van der Waals surface area contributed by atoms with Crippen molar-refractivity contribution in [2.45, 2.75) is 18.4 Å².